The fourth-order valence-corrected chi connectivity index (χ4v) is 3.28. The molecule has 4 nitrogen and oxygen atoms in total. The second kappa shape index (κ2) is 8.53. The fourth-order valence-electron chi connectivity index (χ4n) is 3.28. The molecule has 4 heteroatoms. The number of fused-ring (bicyclic) bond motifs is 1. The fraction of sp³-hybridized carbons (Fsp3) is 0.737. The molecule has 23 heavy (non-hydrogen) atoms. The van der Waals surface area contributed by atoms with Gasteiger partial charge >= 0.3 is 5.97 Å². The number of hydrogen-bond acceptors (Lipinski definition) is 3. The first-order valence-corrected chi connectivity index (χ1v) is 9.07. The minimum absolute atomic E-state index is 0.0596. The quantitative estimate of drug-likeness (QED) is 0.554. The minimum atomic E-state index is -0.340. The summed E-state index contributed by atoms with van der Waals surface area (Å²) >= 11 is 0. The maximum absolute atomic E-state index is 11.8. The number of H-pyrrole nitrogens is 1. The molecule has 0 radical (unpaired) electrons. The van der Waals surface area contributed by atoms with Gasteiger partial charge in [0.2, 0.25) is 0 Å². The predicted octanol–water partition coefficient (Wildman–Crippen LogP) is 3.91. The number of ether oxygens (including phenoxy) is 1. The lowest BCUT2D eigenvalue weighted by molar-refractivity contribution is -0.153. The molecule has 0 bridgehead atoms. The molecule has 0 spiro atoms. The molecule has 0 unspecified atom stereocenters. The van der Waals surface area contributed by atoms with Crippen molar-refractivity contribution in [3.8, 4) is 0 Å². The topological polar surface area (TPSA) is 45.3 Å². The average molecular weight is 320 g/mol. The van der Waals surface area contributed by atoms with E-state index in [1.807, 2.05) is 20.8 Å². The molecule has 1 aliphatic heterocycles. The van der Waals surface area contributed by atoms with Gasteiger partial charge in [0.05, 0.1) is 12.0 Å². The highest BCUT2D eigenvalue weighted by Gasteiger charge is 2.28. The number of rotatable bonds is 9. The van der Waals surface area contributed by atoms with Crippen molar-refractivity contribution in [1.29, 1.82) is 0 Å². The van der Waals surface area contributed by atoms with Crippen molar-refractivity contribution >= 4 is 5.97 Å². The molecular weight excluding hydrogens is 288 g/mol. The van der Waals surface area contributed by atoms with Crippen LogP contribution in [-0.4, -0.2) is 35.5 Å². The van der Waals surface area contributed by atoms with Crippen molar-refractivity contribution in [2.45, 2.75) is 65.8 Å². The number of unbranched alkanes of at least 4 members (excludes halogenated alkanes) is 3. The van der Waals surface area contributed by atoms with Crippen LogP contribution in [0.2, 0.25) is 0 Å². The summed E-state index contributed by atoms with van der Waals surface area (Å²) < 4.78 is 5.14. The minimum Gasteiger partial charge on any atom is -0.466 e. The Labute approximate surface area is 140 Å². The van der Waals surface area contributed by atoms with E-state index in [-0.39, 0.29) is 11.4 Å². The van der Waals surface area contributed by atoms with Gasteiger partial charge in [0.25, 0.3) is 0 Å². The van der Waals surface area contributed by atoms with E-state index >= 15 is 0 Å². The molecule has 0 saturated carbocycles. The van der Waals surface area contributed by atoms with Crippen LogP contribution in [0.3, 0.4) is 0 Å². The Hall–Kier alpha value is -1.29. The van der Waals surface area contributed by atoms with Crippen molar-refractivity contribution in [2.75, 3.05) is 19.7 Å². The zero-order valence-electron chi connectivity index (χ0n) is 15.0. The lowest BCUT2D eigenvalue weighted by Gasteiger charge is -2.26. The van der Waals surface area contributed by atoms with Gasteiger partial charge in [-0.05, 0) is 51.8 Å². The smallest absolute Gasteiger partial charge is 0.311 e. The van der Waals surface area contributed by atoms with Gasteiger partial charge in [-0.15, -0.1) is 0 Å². The van der Waals surface area contributed by atoms with Gasteiger partial charge in [0, 0.05) is 31.4 Å². The molecule has 2 rings (SSSR count). The molecule has 0 saturated heterocycles. The molecule has 2 heterocycles. The first kappa shape index (κ1) is 18.1. The van der Waals surface area contributed by atoms with Crippen LogP contribution in [0.15, 0.2) is 12.3 Å². The van der Waals surface area contributed by atoms with Gasteiger partial charge in [-0.1, -0.05) is 19.3 Å². The Balaban J connectivity index is 1.55. The van der Waals surface area contributed by atoms with E-state index in [0.29, 0.717) is 6.61 Å². The molecule has 0 fully saturated rings. The maximum Gasteiger partial charge on any atom is 0.311 e. The van der Waals surface area contributed by atoms with Crippen molar-refractivity contribution < 1.29 is 9.53 Å². The summed E-state index contributed by atoms with van der Waals surface area (Å²) in [5, 5.41) is 0. The first-order valence-electron chi connectivity index (χ1n) is 9.07. The molecule has 0 amide bonds. The van der Waals surface area contributed by atoms with Gasteiger partial charge in [-0.25, -0.2) is 0 Å². The number of nitrogens with one attached hydrogen (secondary N) is 1. The van der Waals surface area contributed by atoms with E-state index in [1.54, 1.807) is 0 Å². The van der Waals surface area contributed by atoms with Crippen molar-refractivity contribution in [2.24, 2.45) is 5.41 Å². The third-order valence-electron chi connectivity index (χ3n) is 4.86. The first-order chi connectivity index (χ1) is 11.0. The molecule has 0 atom stereocenters. The second-order valence-electron chi connectivity index (χ2n) is 7.28. The molecule has 1 N–H and O–H groups in total. The van der Waals surface area contributed by atoms with E-state index in [9.17, 15) is 4.79 Å². The Kier molecular flexibility index (Phi) is 6.70. The normalized spacial score (nSPS) is 15.4. The van der Waals surface area contributed by atoms with E-state index in [4.69, 9.17) is 4.74 Å². The summed E-state index contributed by atoms with van der Waals surface area (Å²) in [5.41, 5.74) is 2.54. The van der Waals surface area contributed by atoms with Gasteiger partial charge in [-0.2, -0.15) is 0 Å². The van der Waals surface area contributed by atoms with Gasteiger partial charge in [-0.3, -0.25) is 9.69 Å². The maximum atomic E-state index is 11.8. The summed E-state index contributed by atoms with van der Waals surface area (Å²) in [6.45, 7) is 9.77. The van der Waals surface area contributed by atoms with Crippen LogP contribution < -0.4 is 0 Å². The van der Waals surface area contributed by atoms with Crippen molar-refractivity contribution in [1.82, 2.24) is 9.88 Å². The number of carbonyl (C=O) groups excluding carboxylic acids is 1. The highest BCUT2D eigenvalue weighted by atomic mass is 16.5. The Morgan fingerprint density at radius 1 is 1.30 bits per heavy atom. The monoisotopic (exact) mass is 320 g/mol. The molecule has 130 valence electrons. The number of nitrogens with zero attached hydrogens (tertiary/aromatic N) is 1. The SMILES string of the molecule is CCOC(=O)C(C)(C)CCCCCCN1CCc2[nH]ccc2C1. The molecule has 1 aromatic rings. The van der Waals surface area contributed by atoms with Crippen LogP contribution in [0.4, 0.5) is 0 Å². The highest BCUT2D eigenvalue weighted by Crippen LogP contribution is 2.25. The number of hydrogen-bond donors (Lipinski definition) is 1. The lowest BCUT2D eigenvalue weighted by atomic mass is 9.87. The second-order valence-corrected chi connectivity index (χ2v) is 7.28. The largest absolute Gasteiger partial charge is 0.466 e. The Morgan fingerprint density at radius 3 is 2.87 bits per heavy atom. The summed E-state index contributed by atoms with van der Waals surface area (Å²) in [7, 11) is 0. The van der Waals surface area contributed by atoms with Crippen LogP contribution in [0.1, 0.15) is 64.1 Å². The van der Waals surface area contributed by atoms with Gasteiger partial charge in [0.15, 0.2) is 0 Å². The summed E-state index contributed by atoms with van der Waals surface area (Å²) in [6, 6.07) is 2.21. The number of esters is 1. The van der Waals surface area contributed by atoms with E-state index in [0.717, 1.165) is 25.8 Å². The van der Waals surface area contributed by atoms with Crippen molar-refractivity contribution in [3.05, 3.63) is 23.5 Å². The number of aromatic nitrogens is 1. The number of carbonyl (C=O) groups is 1. The van der Waals surface area contributed by atoms with Crippen LogP contribution in [0.5, 0.6) is 0 Å². The van der Waals surface area contributed by atoms with Gasteiger partial charge < -0.3 is 9.72 Å². The molecule has 0 aliphatic carbocycles. The van der Waals surface area contributed by atoms with E-state index in [2.05, 4.69) is 22.1 Å². The highest BCUT2D eigenvalue weighted by molar-refractivity contribution is 5.75. The van der Waals surface area contributed by atoms with Crippen molar-refractivity contribution in [3.63, 3.8) is 0 Å². The Bertz CT molecular complexity index is 493. The zero-order chi connectivity index (χ0) is 16.7. The number of aromatic amines is 1. The molecule has 1 aliphatic rings. The lowest BCUT2D eigenvalue weighted by Crippen LogP contribution is -2.31. The summed E-state index contributed by atoms with van der Waals surface area (Å²) in [5.74, 6) is -0.0596. The summed E-state index contributed by atoms with van der Waals surface area (Å²) in [4.78, 5) is 17.7. The van der Waals surface area contributed by atoms with E-state index in [1.165, 1.54) is 43.6 Å². The van der Waals surface area contributed by atoms with Crippen LogP contribution in [0, 0.1) is 5.41 Å². The molecular formula is C19H32N2O2. The Morgan fingerprint density at radius 2 is 2.09 bits per heavy atom. The third-order valence-corrected chi connectivity index (χ3v) is 4.86. The summed E-state index contributed by atoms with van der Waals surface area (Å²) in [6.07, 6.45) is 8.92. The predicted molar refractivity (Wildman–Crippen MR) is 93.3 cm³/mol. The van der Waals surface area contributed by atoms with Gasteiger partial charge in [0.1, 0.15) is 0 Å². The standard InChI is InChI=1S/C19H32N2O2/c1-4-23-18(22)19(2,3)11-7-5-6-8-13-21-14-10-17-16(15-21)9-12-20-17/h9,12,20H,4-8,10-11,13-15H2,1-3H3. The van der Waals surface area contributed by atoms with Crippen LogP contribution in [-0.2, 0) is 22.5 Å². The third kappa shape index (κ3) is 5.38. The molecule has 0 aromatic carbocycles. The molecule has 1 aromatic heterocycles. The average Bonchev–Trinajstić information content (AvgIpc) is 2.98. The zero-order valence-corrected chi connectivity index (χ0v) is 15.0. The van der Waals surface area contributed by atoms with Crippen LogP contribution >= 0.6 is 0 Å². The van der Waals surface area contributed by atoms with Crippen LogP contribution in [0.25, 0.3) is 0 Å². The van der Waals surface area contributed by atoms with E-state index < -0.39 is 0 Å².